The Labute approximate surface area is 136 Å². The van der Waals surface area contributed by atoms with Gasteiger partial charge in [-0.25, -0.2) is 0 Å². The molecule has 0 aliphatic heterocycles. The van der Waals surface area contributed by atoms with Crippen LogP contribution < -0.4 is 0 Å². The lowest BCUT2D eigenvalue weighted by atomic mass is 9.90. The van der Waals surface area contributed by atoms with Crippen molar-refractivity contribution in [2.75, 3.05) is 0 Å². The predicted molar refractivity (Wildman–Crippen MR) is 94.8 cm³/mol. The maximum Gasteiger partial charge on any atom is 0.0827 e. The third kappa shape index (κ3) is 7.95. The molecule has 0 aromatic heterocycles. The summed E-state index contributed by atoms with van der Waals surface area (Å²) in [7, 11) is 0. The highest BCUT2D eigenvalue weighted by molar-refractivity contribution is 5.10. The van der Waals surface area contributed by atoms with Crippen LogP contribution in [0.3, 0.4) is 0 Å². The molecule has 0 saturated carbocycles. The molecule has 2 N–H and O–H groups in total. The molecule has 1 rings (SSSR count). The van der Waals surface area contributed by atoms with Gasteiger partial charge in [0.05, 0.1) is 11.7 Å². The van der Waals surface area contributed by atoms with Crippen molar-refractivity contribution in [3.8, 4) is 0 Å². The average Bonchev–Trinajstić information content (AvgIpc) is 2.40. The number of allylic oxidation sites excluding steroid dienone is 4. The lowest BCUT2D eigenvalue weighted by Gasteiger charge is -2.23. The Balaban J connectivity index is 2.91. The van der Waals surface area contributed by atoms with Gasteiger partial charge in [0, 0.05) is 6.42 Å². The van der Waals surface area contributed by atoms with Gasteiger partial charge in [0.15, 0.2) is 0 Å². The molecule has 1 aliphatic rings. The van der Waals surface area contributed by atoms with Gasteiger partial charge in [-0.3, -0.25) is 0 Å². The molecule has 1 aliphatic carbocycles. The van der Waals surface area contributed by atoms with Crippen molar-refractivity contribution in [1.29, 1.82) is 0 Å². The first-order valence-corrected chi connectivity index (χ1v) is 8.75. The van der Waals surface area contributed by atoms with Gasteiger partial charge < -0.3 is 10.2 Å². The lowest BCUT2D eigenvalue weighted by Crippen LogP contribution is -2.27. The topological polar surface area (TPSA) is 40.5 Å². The van der Waals surface area contributed by atoms with Gasteiger partial charge in [0.25, 0.3) is 0 Å². The standard InChI is InChI=1S/C20H34O2/c1-5-7-18-11-10-16(2)8-6-9-17(3)14-19(21)15-20(4,22)13-12-18/h8,12-14,18-19,21-22H,5-7,9-11,15H2,1-4H3. The molecular formula is C20H34O2. The summed E-state index contributed by atoms with van der Waals surface area (Å²) in [5.74, 6) is 0.511. The third-order valence-electron chi connectivity index (χ3n) is 4.43. The van der Waals surface area contributed by atoms with E-state index >= 15 is 0 Å². The molecule has 2 heteroatoms. The first kappa shape index (κ1) is 19.2. The Hall–Kier alpha value is -0.860. The van der Waals surface area contributed by atoms with E-state index in [1.807, 2.05) is 12.2 Å². The number of rotatable bonds is 2. The summed E-state index contributed by atoms with van der Waals surface area (Å²) in [6.45, 7) is 8.26. The zero-order valence-corrected chi connectivity index (χ0v) is 14.8. The summed E-state index contributed by atoms with van der Waals surface area (Å²) >= 11 is 0. The maximum atomic E-state index is 10.5. The molecule has 0 radical (unpaired) electrons. The van der Waals surface area contributed by atoms with E-state index in [4.69, 9.17) is 0 Å². The summed E-state index contributed by atoms with van der Waals surface area (Å²) in [5, 5.41) is 20.7. The van der Waals surface area contributed by atoms with Crippen LogP contribution >= 0.6 is 0 Å². The monoisotopic (exact) mass is 306 g/mol. The van der Waals surface area contributed by atoms with E-state index in [0.717, 1.165) is 38.5 Å². The molecule has 0 fully saturated rings. The van der Waals surface area contributed by atoms with Crippen LogP contribution in [0.2, 0.25) is 0 Å². The average molecular weight is 306 g/mol. The van der Waals surface area contributed by atoms with Crippen molar-refractivity contribution in [2.24, 2.45) is 5.92 Å². The molecule has 0 saturated heterocycles. The van der Waals surface area contributed by atoms with Crippen LogP contribution in [-0.2, 0) is 0 Å². The van der Waals surface area contributed by atoms with Gasteiger partial charge in [-0.15, -0.1) is 0 Å². The zero-order chi connectivity index (χ0) is 16.6. The van der Waals surface area contributed by atoms with E-state index in [0.29, 0.717) is 12.3 Å². The third-order valence-corrected chi connectivity index (χ3v) is 4.43. The molecule has 0 heterocycles. The number of hydrogen-bond donors (Lipinski definition) is 2. The lowest BCUT2D eigenvalue weighted by molar-refractivity contribution is 0.0566. The van der Waals surface area contributed by atoms with Crippen LogP contribution in [0.25, 0.3) is 0 Å². The van der Waals surface area contributed by atoms with E-state index < -0.39 is 11.7 Å². The first-order valence-electron chi connectivity index (χ1n) is 8.75. The Kier molecular flexibility index (Phi) is 8.13. The molecule has 0 aromatic rings. The molecule has 0 aromatic carbocycles. The highest BCUT2D eigenvalue weighted by atomic mass is 16.3. The van der Waals surface area contributed by atoms with Gasteiger partial charge >= 0.3 is 0 Å². The van der Waals surface area contributed by atoms with Crippen molar-refractivity contribution in [1.82, 2.24) is 0 Å². The Bertz CT molecular complexity index is 415. The molecule has 22 heavy (non-hydrogen) atoms. The quantitative estimate of drug-likeness (QED) is 0.710. The van der Waals surface area contributed by atoms with Crippen molar-refractivity contribution in [3.63, 3.8) is 0 Å². The second kappa shape index (κ2) is 9.32. The molecule has 3 atom stereocenters. The first-order chi connectivity index (χ1) is 10.3. The van der Waals surface area contributed by atoms with Crippen molar-refractivity contribution in [3.05, 3.63) is 35.5 Å². The summed E-state index contributed by atoms with van der Waals surface area (Å²) in [5.41, 5.74) is 1.70. The van der Waals surface area contributed by atoms with Gasteiger partial charge in [0.2, 0.25) is 0 Å². The normalized spacial score (nSPS) is 32.1. The highest BCUT2D eigenvalue weighted by Gasteiger charge is 2.21. The fraction of sp³-hybridized carbons (Fsp3) is 0.700. The Morgan fingerprint density at radius 3 is 2.64 bits per heavy atom. The van der Waals surface area contributed by atoms with Gasteiger partial charge in [-0.05, 0) is 58.8 Å². The van der Waals surface area contributed by atoms with Crippen LogP contribution in [0.1, 0.15) is 72.6 Å². The number of aliphatic hydroxyl groups excluding tert-OH is 1. The molecule has 2 nitrogen and oxygen atoms in total. The molecular weight excluding hydrogens is 272 g/mol. The Morgan fingerprint density at radius 1 is 1.23 bits per heavy atom. The summed E-state index contributed by atoms with van der Waals surface area (Å²) in [6.07, 6.45) is 14.6. The van der Waals surface area contributed by atoms with Crippen molar-refractivity contribution < 1.29 is 10.2 Å². The van der Waals surface area contributed by atoms with Crippen LogP contribution in [-0.4, -0.2) is 21.9 Å². The smallest absolute Gasteiger partial charge is 0.0827 e. The number of hydrogen-bond acceptors (Lipinski definition) is 2. The minimum absolute atomic E-state index is 0.356. The summed E-state index contributed by atoms with van der Waals surface area (Å²) < 4.78 is 0. The van der Waals surface area contributed by atoms with Gasteiger partial charge in [-0.2, -0.15) is 0 Å². The predicted octanol–water partition coefficient (Wildman–Crippen LogP) is 4.93. The van der Waals surface area contributed by atoms with Crippen molar-refractivity contribution in [2.45, 2.75) is 84.3 Å². The summed E-state index contributed by atoms with van der Waals surface area (Å²) in [4.78, 5) is 0. The fourth-order valence-corrected chi connectivity index (χ4v) is 3.07. The minimum atomic E-state index is -0.947. The molecule has 0 spiro atoms. The van der Waals surface area contributed by atoms with E-state index in [2.05, 4.69) is 32.9 Å². The fourth-order valence-electron chi connectivity index (χ4n) is 3.07. The van der Waals surface area contributed by atoms with Crippen LogP contribution in [0.15, 0.2) is 35.5 Å². The van der Waals surface area contributed by atoms with Crippen LogP contribution in [0, 0.1) is 5.92 Å². The van der Waals surface area contributed by atoms with Crippen LogP contribution in [0.5, 0.6) is 0 Å². The number of aliphatic hydroxyl groups is 2. The van der Waals surface area contributed by atoms with Gasteiger partial charge in [-0.1, -0.05) is 48.8 Å². The van der Waals surface area contributed by atoms with E-state index in [1.165, 1.54) is 11.1 Å². The minimum Gasteiger partial charge on any atom is -0.389 e. The van der Waals surface area contributed by atoms with E-state index in [1.54, 1.807) is 6.92 Å². The Morgan fingerprint density at radius 2 is 1.95 bits per heavy atom. The second-order valence-electron chi connectivity index (χ2n) is 7.18. The van der Waals surface area contributed by atoms with Gasteiger partial charge in [0.1, 0.15) is 0 Å². The zero-order valence-electron chi connectivity index (χ0n) is 14.8. The SMILES string of the molecule is CCCC1C=CC(C)(O)CC(O)C=C(C)CCC=C(C)CC1. The largest absolute Gasteiger partial charge is 0.389 e. The molecule has 126 valence electrons. The van der Waals surface area contributed by atoms with E-state index in [-0.39, 0.29) is 0 Å². The van der Waals surface area contributed by atoms with Crippen molar-refractivity contribution >= 4 is 0 Å². The van der Waals surface area contributed by atoms with E-state index in [9.17, 15) is 10.2 Å². The molecule has 3 unspecified atom stereocenters. The highest BCUT2D eigenvalue weighted by Crippen LogP contribution is 2.23. The van der Waals surface area contributed by atoms with Crippen LogP contribution in [0.4, 0.5) is 0 Å². The molecule has 0 amide bonds. The summed E-state index contributed by atoms with van der Waals surface area (Å²) in [6, 6.07) is 0. The molecule has 0 bridgehead atoms. The maximum absolute atomic E-state index is 10.5. The second-order valence-corrected chi connectivity index (χ2v) is 7.18.